The van der Waals surface area contributed by atoms with E-state index in [1.807, 2.05) is 18.2 Å². The van der Waals surface area contributed by atoms with Crippen LogP contribution in [0.15, 0.2) is 48.5 Å². The molecule has 2 aromatic rings. The fraction of sp³-hybridized carbons (Fsp3) is 0.188. The predicted octanol–water partition coefficient (Wildman–Crippen LogP) is 1.91. The molecule has 2 aromatic carbocycles. The summed E-state index contributed by atoms with van der Waals surface area (Å²) in [4.78, 5) is 14.0. The van der Waals surface area contributed by atoms with Crippen molar-refractivity contribution in [2.24, 2.45) is 0 Å². The molecule has 1 atom stereocenters. The maximum absolute atomic E-state index is 12.5. The minimum atomic E-state index is -1.65. The lowest BCUT2D eigenvalue weighted by atomic mass is 9.87. The molecule has 3 rings (SSSR count). The summed E-state index contributed by atoms with van der Waals surface area (Å²) in [6, 6.07) is 14.2. The molecule has 0 aliphatic carbocycles. The summed E-state index contributed by atoms with van der Waals surface area (Å²) in [6.45, 7) is 0. The quantitative estimate of drug-likeness (QED) is 0.906. The van der Waals surface area contributed by atoms with Gasteiger partial charge in [-0.15, -0.1) is 0 Å². The maximum Gasteiger partial charge on any atom is 0.268 e. The first-order valence-corrected chi connectivity index (χ1v) is 6.33. The average molecular weight is 269 g/mol. The Morgan fingerprint density at radius 3 is 2.65 bits per heavy atom. The van der Waals surface area contributed by atoms with Crippen molar-refractivity contribution in [3.05, 3.63) is 59.7 Å². The molecule has 0 fully saturated rings. The van der Waals surface area contributed by atoms with Gasteiger partial charge in [-0.25, -0.2) is 0 Å². The predicted molar refractivity (Wildman–Crippen MR) is 75.8 cm³/mol. The van der Waals surface area contributed by atoms with E-state index < -0.39 is 5.60 Å². The van der Waals surface area contributed by atoms with Crippen molar-refractivity contribution in [3.63, 3.8) is 0 Å². The van der Waals surface area contributed by atoms with Gasteiger partial charge < -0.3 is 14.7 Å². The Morgan fingerprint density at radius 2 is 1.90 bits per heavy atom. The van der Waals surface area contributed by atoms with Gasteiger partial charge in [0.1, 0.15) is 5.75 Å². The highest BCUT2D eigenvalue weighted by molar-refractivity contribution is 6.08. The van der Waals surface area contributed by atoms with Crippen LogP contribution in [-0.4, -0.2) is 25.2 Å². The number of carbonyl (C=O) groups excluding carboxylic acids is 1. The number of carbonyl (C=O) groups is 1. The molecule has 4 heteroatoms. The summed E-state index contributed by atoms with van der Waals surface area (Å²) < 4.78 is 5.17. The minimum Gasteiger partial charge on any atom is -0.497 e. The zero-order chi connectivity index (χ0) is 14.3. The van der Waals surface area contributed by atoms with Crippen LogP contribution >= 0.6 is 0 Å². The Hall–Kier alpha value is -2.33. The van der Waals surface area contributed by atoms with E-state index in [1.54, 1.807) is 44.5 Å². The standard InChI is InChI=1S/C16H15NO3/c1-17-14-9-4-3-8-13(14)16(19,15(17)18)11-6-5-7-12(10-11)20-2/h3-10,19H,1-2H3. The summed E-state index contributed by atoms with van der Waals surface area (Å²) >= 11 is 0. The highest BCUT2D eigenvalue weighted by Crippen LogP contribution is 2.44. The number of methoxy groups -OCH3 is 1. The summed E-state index contributed by atoms with van der Waals surface area (Å²) in [6.07, 6.45) is 0. The second kappa shape index (κ2) is 4.35. The Kier molecular flexibility index (Phi) is 2.76. The number of aliphatic hydroxyl groups is 1. The van der Waals surface area contributed by atoms with Gasteiger partial charge in [-0.2, -0.15) is 0 Å². The number of para-hydroxylation sites is 1. The van der Waals surface area contributed by atoms with Crippen LogP contribution < -0.4 is 9.64 Å². The third-order valence-electron chi connectivity index (χ3n) is 3.76. The molecule has 1 aliphatic rings. The van der Waals surface area contributed by atoms with E-state index in [-0.39, 0.29) is 5.91 Å². The number of hydrogen-bond acceptors (Lipinski definition) is 3. The van der Waals surface area contributed by atoms with Crippen LogP contribution in [0.1, 0.15) is 11.1 Å². The van der Waals surface area contributed by atoms with Gasteiger partial charge in [0.2, 0.25) is 0 Å². The van der Waals surface area contributed by atoms with Crippen molar-refractivity contribution in [2.45, 2.75) is 5.60 Å². The molecule has 0 saturated heterocycles. The topological polar surface area (TPSA) is 49.8 Å². The van der Waals surface area contributed by atoms with E-state index in [4.69, 9.17) is 4.74 Å². The van der Waals surface area contributed by atoms with Crippen LogP contribution in [0.4, 0.5) is 5.69 Å². The maximum atomic E-state index is 12.5. The first-order chi connectivity index (χ1) is 9.59. The number of nitrogens with zero attached hydrogens (tertiary/aromatic N) is 1. The van der Waals surface area contributed by atoms with Crippen molar-refractivity contribution in [2.75, 3.05) is 19.1 Å². The molecular weight excluding hydrogens is 254 g/mol. The molecule has 1 aliphatic heterocycles. The lowest BCUT2D eigenvalue weighted by Gasteiger charge is -2.22. The minimum absolute atomic E-state index is 0.355. The first-order valence-electron chi connectivity index (χ1n) is 6.33. The lowest BCUT2D eigenvalue weighted by Crippen LogP contribution is -2.39. The number of fused-ring (bicyclic) bond motifs is 1. The SMILES string of the molecule is COc1cccc(C2(O)C(=O)N(C)c3ccccc32)c1. The molecule has 1 heterocycles. The van der Waals surface area contributed by atoms with E-state index in [0.717, 1.165) is 5.69 Å². The largest absolute Gasteiger partial charge is 0.497 e. The number of rotatable bonds is 2. The molecule has 1 unspecified atom stereocenters. The van der Waals surface area contributed by atoms with Crippen molar-refractivity contribution in [1.29, 1.82) is 0 Å². The summed E-state index contributed by atoms with van der Waals surface area (Å²) in [7, 11) is 3.22. The van der Waals surface area contributed by atoms with Crippen LogP contribution in [0.25, 0.3) is 0 Å². The monoisotopic (exact) mass is 269 g/mol. The van der Waals surface area contributed by atoms with Crippen molar-refractivity contribution in [1.82, 2.24) is 0 Å². The van der Waals surface area contributed by atoms with E-state index in [0.29, 0.717) is 16.9 Å². The molecule has 0 aromatic heterocycles. The normalized spacial score (nSPS) is 20.9. The summed E-state index contributed by atoms with van der Waals surface area (Å²) in [5.74, 6) is 0.253. The molecule has 1 N–H and O–H groups in total. The Morgan fingerprint density at radius 1 is 1.15 bits per heavy atom. The zero-order valence-corrected chi connectivity index (χ0v) is 11.3. The van der Waals surface area contributed by atoms with Gasteiger partial charge in [-0.1, -0.05) is 30.3 Å². The smallest absolute Gasteiger partial charge is 0.268 e. The van der Waals surface area contributed by atoms with Crippen molar-refractivity contribution < 1.29 is 14.6 Å². The highest BCUT2D eigenvalue weighted by atomic mass is 16.5. The number of hydrogen-bond donors (Lipinski definition) is 1. The zero-order valence-electron chi connectivity index (χ0n) is 11.3. The fourth-order valence-corrected chi connectivity index (χ4v) is 2.67. The van der Waals surface area contributed by atoms with Crippen LogP contribution in [-0.2, 0) is 10.4 Å². The molecular formula is C16H15NO3. The van der Waals surface area contributed by atoms with E-state index >= 15 is 0 Å². The average Bonchev–Trinajstić information content (AvgIpc) is 2.71. The molecule has 102 valence electrons. The van der Waals surface area contributed by atoms with Gasteiger partial charge in [-0.05, 0) is 18.2 Å². The van der Waals surface area contributed by atoms with Crippen molar-refractivity contribution in [3.8, 4) is 5.75 Å². The van der Waals surface area contributed by atoms with Crippen LogP contribution in [0.3, 0.4) is 0 Å². The van der Waals surface area contributed by atoms with E-state index in [9.17, 15) is 9.90 Å². The van der Waals surface area contributed by atoms with Gasteiger partial charge in [0.25, 0.3) is 5.91 Å². The van der Waals surface area contributed by atoms with Gasteiger partial charge in [0, 0.05) is 18.2 Å². The second-order valence-corrected chi connectivity index (χ2v) is 4.82. The van der Waals surface area contributed by atoms with Gasteiger partial charge >= 0.3 is 0 Å². The van der Waals surface area contributed by atoms with Crippen molar-refractivity contribution >= 4 is 11.6 Å². The van der Waals surface area contributed by atoms with Crippen LogP contribution in [0.2, 0.25) is 0 Å². The number of benzene rings is 2. The number of anilines is 1. The van der Waals surface area contributed by atoms with E-state index in [1.165, 1.54) is 4.90 Å². The molecule has 0 bridgehead atoms. The van der Waals surface area contributed by atoms with Crippen LogP contribution in [0.5, 0.6) is 5.75 Å². The van der Waals surface area contributed by atoms with Gasteiger partial charge in [0.05, 0.1) is 12.8 Å². The number of amides is 1. The molecule has 4 nitrogen and oxygen atoms in total. The number of likely N-dealkylation sites (N-methyl/N-ethyl adjacent to an activating group) is 1. The van der Waals surface area contributed by atoms with Gasteiger partial charge in [0.15, 0.2) is 5.60 Å². The summed E-state index contributed by atoms with van der Waals surface area (Å²) in [5.41, 5.74) is 0.182. The fourth-order valence-electron chi connectivity index (χ4n) is 2.67. The second-order valence-electron chi connectivity index (χ2n) is 4.82. The molecule has 0 spiro atoms. The molecule has 1 amide bonds. The Balaban J connectivity index is 2.23. The molecule has 0 radical (unpaired) electrons. The van der Waals surface area contributed by atoms with Crippen LogP contribution in [0, 0.1) is 0 Å². The molecule has 20 heavy (non-hydrogen) atoms. The third-order valence-corrected chi connectivity index (χ3v) is 3.76. The van der Waals surface area contributed by atoms with E-state index in [2.05, 4.69) is 0 Å². The number of ether oxygens (including phenoxy) is 1. The highest BCUT2D eigenvalue weighted by Gasteiger charge is 2.49. The Bertz CT molecular complexity index is 683. The van der Waals surface area contributed by atoms with Gasteiger partial charge in [-0.3, -0.25) is 4.79 Å². The Labute approximate surface area is 117 Å². The lowest BCUT2D eigenvalue weighted by molar-refractivity contribution is -0.131. The third kappa shape index (κ3) is 1.55. The first kappa shape index (κ1) is 12.7. The molecule has 0 saturated carbocycles. The summed E-state index contributed by atoms with van der Waals surface area (Å²) in [5, 5.41) is 11.0.